The topological polar surface area (TPSA) is 114 Å². The third kappa shape index (κ3) is 3.11. The fourth-order valence-corrected chi connectivity index (χ4v) is 2.70. The van der Waals surface area contributed by atoms with Crippen LogP contribution in [0.25, 0.3) is 16.7 Å². The van der Waals surface area contributed by atoms with E-state index in [-0.39, 0.29) is 12.1 Å². The highest BCUT2D eigenvalue weighted by Crippen LogP contribution is 2.17. The molecule has 0 saturated heterocycles. The van der Waals surface area contributed by atoms with E-state index in [9.17, 15) is 4.79 Å². The van der Waals surface area contributed by atoms with Gasteiger partial charge in [0.1, 0.15) is 0 Å². The number of fused-ring (bicyclic) bond motifs is 1. The maximum atomic E-state index is 12.2. The number of nitrogens with zero attached hydrogens (tertiary/aromatic N) is 6. The van der Waals surface area contributed by atoms with E-state index in [1.165, 1.54) is 4.68 Å². The number of aryl methyl sites for hydroxylation is 1. The number of tetrazole rings is 1. The van der Waals surface area contributed by atoms with Crippen molar-refractivity contribution < 1.29 is 0 Å². The summed E-state index contributed by atoms with van der Waals surface area (Å²) in [6, 6.07) is 8.80. The van der Waals surface area contributed by atoms with E-state index < -0.39 is 0 Å². The van der Waals surface area contributed by atoms with E-state index in [1.807, 2.05) is 0 Å². The highest BCUT2D eigenvalue weighted by molar-refractivity contribution is 6.31. The molecule has 2 N–H and O–H groups in total. The molecule has 130 valence electrons. The van der Waals surface area contributed by atoms with Gasteiger partial charge in [-0.25, -0.2) is 4.98 Å². The molecule has 4 rings (SSSR count). The SMILES string of the molecule is Cc1nnnn1-c1ccnc(NCc2cc3cc(Cl)ccc3[nH]c2=O)n1. The third-order valence-corrected chi connectivity index (χ3v) is 4.04. The van der Waals surface area contributed by atoms with Crippen LogP contribution in [0.1, 0.15) is 11.4 Å². The quantitative estimate of drug-likeness (QED) is 0.565. The molecule has 0 bridgehead atoms. The van der Waals surface area contributed by atoms with Crippen LogP contribution in [0.3, 0.4) is 0 Å². The highest BCUT2D eigenvalue weighted by Gasteiger charge is 2.08. The van der Waals surface area contributed by atoms with Crippen LogP contribution in [0, 0.1) is 6.92 Å². The first-order valence-electron chi connectivity index (χ1n) is 7.74. The Bertz CT molecular complexity index is 1150. The number of rotatable bonds is 4. The number of benzene rings is 1. The van der Waals surface area contributed by atoms with Crippen LogP contribution in [0.5, 0.6) is 0 Å². The van der Waals surface area contributed by atoms with Crippen molar-refractivity contribution in [2.45, 2.75) is 13.5 Å². The lowest BCUT2D eigenvalue weighted by molar-refractivity contribution is 0.757. The fourth-order valence-electron chi connectivity index (χ4n) is 2.52. The first kappa shape index (κ1) is 16.2. The summed E-state index contributed by atoms with van der Waals surface area (Å²) in [6.07, 6.45) is 1.59. The van der Waals surface area contributed by atoms with Crippen LogP contribution in [-0.2, 0) is 6.54 Å². The molecule has 0 saturated carbocycles. The number of halogens is 1. The minimum absolute atomic E-state index is 0.181. The molecule has 0 unspecified atom stereocenters. The van der Waals surface area contributed by atoms with Crippen molar-refractivity contribution >= 4 is 28.5 Å². The van der Waals surface area contributed by atoms with E-state index in [4.69, 9.17) is 11.6 Å². The van der Waals surface area contributed by atoms with E-state index in [0.717, 1.165) is 10.9 Å². The smallest absolute Gasteiger partial charge is 0.253 e. The monoisotopic (exact) mass is 368 g/mol. The molecule has 4 aromatic rings. The number of anilines is 1. The van der Waals surface area contributed by atoms with Crippen LogP contribution in [-0.4, -0.2) is 35.2 Å². The Morgan fingerprint density at radius 1 is 1.27 bits per heavy atom. The molecule has 26 heavy (non-hydrogen) atoms. The van der Waals surface area contributed by atoms with E-state index >= 15 is 0 Å². The molecule has 1 aromatic carbocycles. The second-order valence-corrected chi connectivity index (χ2v) is 6.02. The zero-order chi connectivity index (χ0) is 18.1. The third-order valence-electron chi connectivity index (χ3n) is 3.80. The van der Waals surface area contributed by atoms with Crippen molar-refractivity contribution in [1.29, 1.82) is 0 Å². The van der Waals surface area contributed by atoms with Crippen LogP contribution >= 0.6 is 11.6 Å². The van der Waals surface area contributed by atoms with E-state index in [0.29, 0.717) is 28.2 Å². The van der Waals surface area contributed by atoms with Crippen molar-refractivity contribution in [3.8, 4) is 5.82 Å². The van der Waals surface area contributed by atoms with Crippen molar-refractivity contribution in [3.63, 3.8) is 0 Å². The molecule has 3 aromatic heterocycles. The summed E-state index contributed by atoms with van der Waals surface area (Å²) >= 11 is 6.02. The van der Waals surface area contributed by atoms with Crippen molar-refractivity contribution in [3.05, 3.63) is 63.3 Å². The van der Waals surface area contributed by atoms with Gasteiger partial charge >= 0.3 is 0 Å². The Kier molecular flexibility index (Phi) is 4.05. The lowest BCUT2D eigenvalue weighted by Crippen LogP contribution is -2.16. The van der Waals surface area contributed by atoms with Gasteiger partial charge in [0.2, 0.25) is 5.95 Å². The van der Waals surface area contributed by atoms with Gasteiger partial charge in [0.15, 0.2) is 11.6 Å². The normalized spacial score (nSPS) is 11.0. The van der Waals surface area contributed by atoms with Gasteiger partial charge in [-0.15, -0.1) is 5.10 Å². The van der Waals surface area contributed by atoms with Gasteiger partial charge in [-0.3, -0.25) is 4.79 Å². The molecule has 0 aliphatic rings. The maximum absolute atomic E-state index is 12.2. The first-order valence-corrected chi connectivity index (χ1v) is 8.12. The summed E-state index contributed by atoms with van der Waals surface area (Å²) in [6.45, 7) is 2.03. The molecule has 0 aliphatic heterocycles. The Balaban J connectivity index is 1.60. The number of aromatic amines is 1. The Morgan fingerprint density at radius 2 is 2.15 bits per heavy atom. The van der Waals surface area contributed by atoms with Crippen molar-refractivity contribution in [1.82, 2.24) is 35.2 Å². The van der Waals surface area contributed by atoms with E-state index in [2.05, 4.69) is 35.8 Å². The number of aromatic nitrogens is 7. The summed E-state index contributed by atoms with van der Waals surface area (Å²) in [7, 11) is 0. The largest absolute Gasteiger partial charge is 0.350 e. The zero-order valence-electron chi connectivity index (χ0n) is 13.6. The molecular weight excluding hydrogens is 356 g/mol. The molecule has 0 amide bonds. The molecule has 0 fully saturated rings. The van der Waals surface area contributed by atoms with Crippen LogP contribution in [0.15, 0.2) is 41.3 Å². The van der Waals surface area contributed by atoms with Gasteiger partial charge in [0.25, 0.3) is 5.56 Å². The second-order valence-electron chi connectivity index (χ2n) is 5.59. The Hall–Kier alpha value is -3.33. The van der Waals surface area contributed by atoms with Gasteiger partial charge in [-0.2, -0.15) is 9.67 Å². The predicted molar refractivity (Wildman–Crippen MR) is 96.4 cm³/mol. The second kappa shape index (κ2) is 6.52. The van der Waals surface area contributed by atoms with Crippen LogP contribution < -0.4 is 10.9 Å². The van der Waals surface area contributed by atoms with Gasteiger partial charge in [-0.05, 0) is 41.6 Å². The Labute approximate surface area is 152 Å². The number of H-pyrrole nitrogens is 1. The average Bonchev–Trinajstić information content (AvgIpc) is 3.06. The zero-order valence-corrected chi connectivity index (χ0v) is 14.4. The minimum atomic E-state index is -0.181. The summed E-state index contributed by atoms with van der Waals surface area (Å²) in [5.41, 5.74) is 1.10. The van der Waals surface area contributed by atoms with Crippen LogP contribution in [0.2, 0.25) is 5.02 Å². The molecule has 0 atom stereocenters. The lowest BCUT2D eigenvalue weighted by atomic mass is 10.1. The molecule has 10 heteroatoms. The van der Waals surface area contributed by atoms with Crippen molar-refractivity contribution in [2.75, 3.05) is 5.32 Å². The Morgan fingerprint density at radius 3 is 2.96 bits per heavy atom. The predicted octanol–water partition coefficient (Wildman–Crippen LogP) is 1.87. The number of nitrogens with one attached hydrogen (secondary N) is 2. The molecule has 3 heterocycles. The minimum Gasteiger partial charge on any atom is -0.350 e. The number of hydrogen-bond acceptors (Lipinski definition) is 7. The molecule has 9 nitrogen and oxygen atoms in total. The lowest BCUT2D eigenvalue weighted by Gasteiger charge is -2.07. The van der Waals surface area contributed by atoms with Gasteiger partial charge in [-0.1, -0.05) is 11.6 Å². The summed E-state index contributed by atoms with van der Waals surface area (Å²) in [5, 5.41) is 15.8. The number of pyridine rings is 1. The fraction of sp³-hybridized carbons (Fsp3) is 0.125. The van der Waals surface area contributed by atoms with Gasteiger partial charge < -0.3 is 10.3 Å². The van der Waals surface area contributed by atoms with Gasteiger partial charge in [0.05, 0.1) is 0 Å². The summed E-state index contributed by atoms with van der Waals surface area (Å²) in [5.74, 6) is 1.50. The molecule has 0 radical (unpaired) electrons. The standard InChI is InChI=1S/C16H13ClN8O/c1-9-22-23-24-25(9)14-4-5-18-16(21-14)19-8-11-6-10-7-12(17)2-3-13(10)20-15(11)26/h2-7H,8H2,1H3,(H,20,26)(H,18,19,21). The van der Waals surface area contributed by atoms with Crippen molar-refractivity contribution in [2.24, 2.45) is 0 Å². The molecule has 0 aliphatic carbocycles. The summed E-state index contributed by atoms with van der Waals surface area (Å²) < 4.78 is 1.50. The van der Waals surface area contributed by atoms with Crippen LogP contribution in [0.4, 0.5) is 5.95 Å². The number of hydrogen-bond donors (Lipinski definition) is 2. The average molecular weight is 369 g/mol. The highest BCUT2D eigenvalue weighted by atomic mass is 35.5. The van der Waals surface area contributed by atoms with Gasteiger partial charge in [0, 0.05) is 40.3 Å². The molecule has 0 spiro atoms. The first-order chi connectivity index (χ1) is 12.6. The van der Waals surface area contributed by atoms with E-state index in [1.54, 1.807) is 43.5 Å². The summed E-state index contributed by atoms with van der Waals surface area (Å²) in [4.78, 5) is 23.6. The maximum Gasteiger partial charge on any atom is 0.253 e. The molecular formula is C16H13ClN8O.